The van der Waals surface area contributed by atoms with Crippen LogP contribution in [-0.4, -0.2) is 30.3 Å². The Labute approximate surface area is 117 Å². The summed E-state index contributed by atoms with van der Waals surface area (Å²) in [4.78, 5) is 25.0. The molecule has 1 aromatic rings. The van der Waals surface area contributed by atoms with Crippen molar-refractivity contribution in [3.05, 3.63) is 42.5 Å². The van der Waals surface area contributed by atoms with Gasteiger partial charge in [0.2, 0.25) is 5.91 Å². The number of anilines is 1. The number of hydrogen-bond donors (Lipinski definition) is 1. The number of carbonyl (C=O) groups excluding carboxylic acids is 2. The molecule has 0 bridgehead atoms. The number of alkyl halides is 1. The minimum absolute atomic E-state index is 0.0175. The van der Waals surface area contributed by atoms with E-state index in [2.05, 4.69) is 11.9 Å². The lowest BCUT2D eigenvalue weighted by Crippen LogP contribution is -2.25. The maximum absolute atomic E-state index is 11.7. The number of amides is 2. The average molecular weight is 279 g/mol. The zero-order chi connectivity index (χ0) is 13.8. The predicted molar refractivity (Wildman–Crippen MR) is 75.6 cm³/mol. The fraction of sp³-hybridized carbons (Fsp3) is 0.286. The molecule has 4 nitrogen and oxygen atoms in total. The lowest BCUT2D eigenvalue weighted by atomic mass is 10.2. The number of hydrogen-bond acceptors (Lipinski definition) is 2. The summed E-state index contributed by atoms with van der Waals surface area (Å²) < 4.78 is 0. The summed E-state index contributed by atoms with van der Waals surface area (Å²) in [6.45, 7) is 4.48. The molecule has 0 saturated carbocycles. The number of nitrogens with one attached hydrogen (secondary N) is 1. The van der Waals surface area contributed by atoms with Gasteiger partial charge in [0, 0.05) is 30.8 Å². The van der Waals surface area contributed by atoms with Crippen LogP contribution in [0.3, 0.4) is 0 Å². The van der Waals surface area contributed by atoms with Crippen molar-refractivity contribution in [2.75, 3.05) is 18.0 Å². The van der Waals surface area contributed by atoms with Crippen LogP contribution in [0.25, 0.3) is 0 Å². The van der Waals surface area contributed by atoms with Crippen LogP contribution in [-0.2, 0) is 4.79 Å². The smallest absolute Gasteiger partial charge is 0.251 e. The number of benzene rings is 1. The molecule has 19 heavy (non-hydrogen) atoms. The van der Waals surface area contributed by atoms with E-state index in [1.807, 2.05) is 0 Å². The van der Waals surface area contributed by atoms with Crippen molar-refractivity contribution in [3.8, 4) is 0 Å². The number of nitrogens with zero attached hydrogens (tertiary/aromatic N) is 1. The van der Waals surface area contributed by atoms with Crippen LogP contribution >= 0.6 is 11.6 Å². The maximum atomic E-state index is 11.7. The summed E-state index contributed by atoms with van der Waals surface area (Å²) in [5.74, 6) is -0.140. The van der Waals surface area contributed by atoms with Gasteiger partial charge >= 0.3 is 0 Å². The highest BCUT2D eigenvalue weighted by Gasteiger charge is 2.28. The topological polar surface area (TPSA) is 49.4 Å². The summed E-state index contributed by atoms with van der Waals surface area (Å²) in [5.41, 5.74) is 1.33. The Morgan fingerprint density at radius 3 is 2.68 bits per heavy atom. The van der Waals surface area contributed by atoms with Gasteiger partial charge in [-0.25, -0.2) is 0 Å². The first kappa shape index (κ1) is 13.6. The van der Waals surface area contributed by atoms with E-state index >= 15 is 0 Å². The zero-order valence-corrected chi connectivity index (χ0v) is 11.2. The molecule has 1 aromatic carbocycles. The van der Waals surface area contributed by atoms with Crippen molar-refractivity contribution in [3.63, 3.8) is 0 Å². The second-order valence-corrected chi connectivity index (χ2v) is 4.97. The van der Waals surface area contributed by atoms with Crippen LogP contribution < -0.4 is 10.2 Å². The number of carbonyl (C=O) groups is 2. The highest BCUT2D eigenvalue weighted by Crippen LogP contribution is 2.24. The molecule has 2 rings (SSSR count). The molecule has 1 aliphatic heterocycles. The molecule has 2 amide bonds. The van der Waals surface area contributed by atoms with E-state index in [1.165, 1.54) is 0 Å². The molecule has 0 aliphatic carbocycles. The Morgan fingerprint density at radius 2 is 2.16 bits per heavy atom. The quantitative estimate of drug-likeness (QED) is 0.676. The maximum Gasteiger partial charge on any atom is 0.251 e. The Bertz CT molecular complexity index is 499. The minimum Gasteiger partial charge on any atom is -0.349 e. The third-order valence-electron chi connectivity index (χ3n) is 2.93. The monoisotopic (exact) mass is 278 g/mol. The van der Waals surface area contributed by atoms with Gasteiger partial charge in [-0.05, 0) is 24.3 Å². The van der Waals surface area contributed by atoms with Crippen LogP contribution in [0, 0.1) is 0 Å². The van der Waals surface area contributed by atoms with Crippen LogP contribution in [0.2, 0.25) is 0 Å². The van der Waals surface area contributed by atoms with Crippen molar-refractivity contribution in [2.45, 2.75) is 11.8 Å². The molecular formula is C14H15ClN2O2. The molecule has 1 unspecified atom stereocenters. The van der Waals surface area contributed by atoms with Gasteiger partial charge in [0.1, 0.15) is 0 Å². The SMILES string of the molecule is C=CCNC(=O)c1ccc(N2CC(Cl)CC2=O)cc1. The summed E-state index contributed by atoms with van der Waals surface area (Å²) in [6.07, 6.45) is 1.99. The summed E-state index contributed by atoms with van der Waals surface area (Å²) >= 11 is 5.95. The van der Waals surface area contributed by atoms with Gasteiger partial charge in [-0.15, -0.1) is 18.2 Å². The molecule has 0 radical (unpaired) electrons. The van der Waals surface area contributed by atoms with Crippen LogP contribution in [0.1, 0.15) is 16.8 Å². The second kappa shape index (κ2) is 5.89. The minimum atomic E-state index is -0.158. The molecule has 1 aliphatic rings. The molecule has 5 heteroatoms. The first-order chi connectivity index (χ1) is 9.11. The third kappa shape index (κ3) is 3.15. The Kier molecular flexibility index (Phi) is 4.22. The standard InChI is InChI=1S/C14H15ClN2O2/c1-2-7-16-14(19)10-3-5-12(6-4-10)17-9-11(15)8-13(17)18/h2-6,11H,1,7-9H2,(H,16,19). The Hall–Kier alpha value is -1.81. The van der Waals surface area contributed by atoms with Gasteiger partial charge in [0.05, 0.1) is 5.38 Å². The van der Waals surface area contributed by atoms with Crippen molar-refractivity contribution in [1.82, 2.24) is 5.32 Å². The molecule has 1 atom stereocenters. The largest absolute Gasteiger partial charge is 0.349 e. The van der Waals surface area contributed by atoms with Gasteiger partial charge in [-0.1, -0.05) is 6.08 Å². The van der Waals surface area contributed by atoms with Crippen LogP contribution in [0.15, 0.2) is 36.9 Å². The summed E-state index contributed by atoms with van der Waals surface area (Å²) in [7, 11) is 0. The van der Waals surface area contributed by atoms with Gasteiger partial charge in [0.15, 0.2) is 0 Å². The van der Waals surface area contributed by atoms with E-state index < -0.39 is 0 Å². The lowest BCUT2D eigenvalue weighted by molar-refractivity contribution is -0.117. The highest BCUT2D eigenvalue weighted by atomic mass is 35.5. The lowest BCUT2D eigenvalue weighted by Gasteiger charge is -2.16. The molecule has 1 fully saturated rings. The highest BCUT2D eigenvalue weighted by molar-refractivity contribution is 6.24. The fourth-order valence-corrected chi connectivity index (χ4v) is 2.24. The van der Waals surface area contributed by atoms with Crippen molar-refractivity contribution < 1.29 is 9.59 Å². The Balaban J connectivity index is 2.08. The molecule has 1 N–H and O–H groups in total. The van der Waals surface area contributed by atoms with Crippen molar-refractivity contribution in [1.29, 1.82) is 0 Å². The molecule has 100 valence electrons. The molecule has 1 heterocycles. The molecule has 0 spiro atoms. The first-order valence-electron chi connectivity index (χ1n) is 6.05. The van der Waals surface area contributed by atoms with Gasteiger partial charge in [-0.3, -0.25) is 9.59 Å². The van der Waals surface area contributed by atoms with Crippen LogP contribution in [0.5, 0.6) is 0 Å². The van der Waals surface area contributed by atoms with Crippen molar-refractivity contribution in [2.24, 2.45) is 0 Å². The van der Waals surface area contributed by atoms with Gasteiger partial charge < -0.3 is 10.2 Å². The van der Waals surface area contributed by atoms with E-state index in [1.54, 1.807) is 35.2 Å². The third-order valence-corrected chi connectivity index (χ3v) is 3.22. The van der Waals surface area contributed by atoms with E-state index in [9.17, 15) is 9.59 Å². The van der Waals surface area contributed by atoms with Gasteiger partial charge in [0.25, 0.3) is 5.91 Å². The van der Waals surface area contributed by atoms with E-state index in [0.717, 1.165) is 5.69 Å². The summed E-state index contributed by atoms with van der Waals surface area (Å²) in [5, 5.41) is 2.56. The average Bonchev–Trinajstić information content (AvgIpc) is 2.75. The van der Waals surface area contributed by atoms with E-state index in [4.69, 9.17) is 11.6 Å². The van der Waals surface area contributed by atoms with E-state index in [0.29, 0.717) is 25.1 Å². The molecular weight excluding hydrogens is 264 g/mol. The van der Waals surface area contributed by atoms with Crippen molar-refractivity contribution >= 4 is 29.1 Å². The second-order valence-electron chi connectivity index (χ2n) is 4.35. The number of rotatable bonds is 4. The summed E-state index contributed by atoms with van der Waals surface area (Å²) in [6, 6.07) is 6.91. The number of halogens is 1. The van der Waals surface area contributed by atoms with E-state index in [-0.39, 0.29) is 17.2 Å². The normalized spacial score (nSPS) is 18.5. The predicted octanol–water partition coefficient (Wildman–Crippen LogP) is 1.95. The van der Waals surface area contributed by atoms with Crippen LogP contribution in [0.4, 0.5) is 5.69 Å². The molecule has 1 saturated heterocycles. The fourth-order valence-electron chi connectivity index (χ4n) is 1.97. The van der Waals surface area contributed by atoms with Gasteiger partial charge in [-0.2, -0.15) is 0 Å². The molecule has 0 aromatic heterocycles. The zero-order valence-electron chi connectivity index (χ0n) is 10.4. The Morgan fingerprint density at radius 1 is 1.47 bits per heavy atom. The first-order valence-corrected chi connectivity index (χ1v) is 6.49.